The molecule has 2 heterocycles. The van der Waals surface area contributed by atoms with Gasteiger partial charge in [0.15, 0.2) is 0 Å². The lowest BCUT2D eigenvalue weighted by Gasteiger charge is -2.33. The van der Waals surface area contributed by atoms with Gasteiger partial charge in [-0.25, -0.2) is 4.79 Å². The van der Waals surface area contributed by atoms with E-state index in [0.717, 1.165) is 30.3 Å². The predicted molar refractivity (Wildman–Crippen MR) is 83.4 cm³/mol. The van der Waals surface area contributed by atoms with Crippen LogP contribution >= 0.6 is 15.9 Å². The van der Waals surface area contributed by atoms with Gasteiger partial charge in [-0.2, -0.15) is 0 Å². The zero-order valence-corrected chi connectivity index (χ0v) is 13.5. The van der Waals surface area contributed by atoms with E-state index in [1.165, 1.54) is 0 Å². The molecule has 21 heavy (non-hydrogen) atoms. The van der Waals surface area contributed by atoms with Gasteiger partial charge in [0.05, 0.1) is 18.8 Å². The van der Waals surface area contributed by atoms with Crippen LogP contribution < -0.4 is 0 Å². The second-order valence-corrected chi connectivity index (χ2v) is 6.37. The summed E-state index contributed by atoms with van der Waals surface area (Å²) in [7, 11) is 0. The lowest BCUT2D eigenvalue weighted by molar-refractivity contribution is -0.00194. The Morgan fingerprint density at radius 3 is 2.95 bits per heavy atom. The van der Waals surface area contributed by atoms with Crippen LogP contribution in [0.4, 0.5) is 4.79 Å². The molecule has 2 aliphatic rings. The predicted octanol–water partition coefficient (Wildman–Crippen LogP) is 3.20. The summed E-state index contributed by atoms with van der Waals surface area (Å²) in [6.07, 6.45) is 2.34. The lowest BCUT2D eigenvalue weighted by Crippen LogP contribution is -2.45. The molecule has 3 atom stereocenters. The van der Waals surface area contributed by atoms with Crippen molar-refractivity contribution in [2.75, 3.05) is 18.4 Å². The van der Waals surface area contributed by atoms with E-state index >= 15 is 0 Å². The quantitative estimate of drug-likeness (QED) is 0.783. The third kappa shape index (κ3) is 3.58. The number of hydrogen-bond acceptors (Lipinski definition) is 3. The van der Waals surface area contributed by atoms with E-state index in [1.54, 1.807) is 4.90 Å². The first-order valence-electron chi connectivity index (χ1n) is 7.43. The number of alkyl halides is 1. The average molecular weight is 354 g/mol. The summed E-state index contributed by atoms with van der Waals surface area (Å²) >= 11 is 3.47. The second kappa shape index (κ2) is 6.79. The number of nitrogens with zero attached hydrogens (tertiary/aromatic N) is 1. The van der Waals surface area contributed by atoms with Gasteiger partial charge in [0.2, 0.25) is 0 Å². The highest BCUT2D eigenvalue weighted by Gasteiger charge is 2.40. The first-order valence-corrected chi connectivity index (χ1v) is 8.55. The fourth-order valence-corrected chi connectivity index (χ4v) is 3.52. The highest BCUT2D eigenvalue weighted by atomic mass is 79.9. The van der Waals surface area contributed by atoms with Crippen molar-refractivity contribution in [2.45, 2.75) is 31.7 Å². The molecule has 0 spiro atoms. The standard InChI is InChI=1S/C16H20BrNO3/c17-9-14-8-13-6-7-18(10-15(13)21-14)16(19)20-11-12-4-2-1-3-5-12/h1-5,13-15H,6-11H2/t13-,14?,15+/m1/s1. The van der Waals surface area contributed by atoms with Crippen molar-refractivity contribution in [1.29, 1.82) is 0 Å². The third-order valence-electron chi connectivity index (χ3n) is 4.26. The van der Waals surface area contributed by atoms with Crippen LogP contribution in [0.1, 0.15) is 18.4 Å². The van der Waals surface area contributed by atoms with Crippen molar-refractivity contribution >= 4 is 22.0 Å². The minimum absolute atomic E-state index is 0.172. The fraction of sp³-hybridized carbons (Fsp3) is 0.562. The number of halogens is 1. The maximum absolute atomic E-state index is 12.1. The van der Waals surface area contributed by atoms with E-state index in [4.69, 9.17) is 9.47 Å². The first kappa shape index (κ1) is 14.9. The minimum atomic E-state index is -0.233. The summed E-state index contributed by atoms with van der Waals surface area (Å²) in [6, 6.07) is 9.76. The molecule has 1 unspecified atom stereocenters. The molecule has 1 aromatic rings. The van der Waals surface area contributed by atoms with Crippen LogP contribution in [0.2, 0.25) is 0 Å². The van der Waals surface area contributed by atoms with Crippen LogP contribution in [0.3, 0.4) is 0 Å². The second-order valence-electron chi connectivity index (χ2n) is 5.72. The SMILES string of the molecule is O=C(OCc1ccccc1)N1CC[C@@H]2CC(CBr)O[C@H]2C1. The van der Waals surface area contributed by atoms with Crippen LogP contribution in [0.25, 0.3) is 0 Å². The summed E-state index contributed by atoms with van der Waals surface area (Å²) in [5, 5.41) is 0.873. The summed E-state index contributed by atoms with van der Waals surface area (Å²) in [4.78, 5) is 13.9. The number of fused-ring (bicyclic) bond motifs is 1. The van der Waals surface area contributed by atoms with Gasteiger partial charge in [0.1, 0.15) is 6.61 Å². The number of carbonyl (C=O) groups is 1. The van der Waals surface area contributed by atoms with Crippen LogP contribution in [-0.2, 0) is 16.1 Å². The van der Waals surface area contributed by atoms with E-state index in [2.05, 4.69) is 15.9 Å². The molecule has 0 saturated carbocycles. The average Bonchev–Trinajstić information content (AvgIpc) is 2.95. The molecule has 0 radical (unpaired) electrons. The Bertz CT molecular complexity index is 482. The number of hydrogen-bond donors (Lipinski definition) is 0. The van der Waals surface area contributed by atoms with Crippen LogP contribution in [-0.4, -0.2) is 41.6 Å². The fourth-order valence-electron chi connectivity index (χ4n) is 3.11. The third-order valence-corrected chi connectivity index (χ3v) is 4.99. The molecule has 2 saturated heterocycles. The van der Waals surface area contributed by atoms with Gasteiger partial charge in [0, 0.05) is 11.9 Å². The Balaban J connectivity index is 1.50. The summed E-state index contributed by atoms with van der Waals surface area (Å²) in [6.45, 7) is 1.75. The lowest BCUT2D eigenvalue weighted by atomic mass is 9.92. The zero-order chi connectivity index (χ0) is 14.7. The smallest absolute Gasteiger partial charge is 0.410 e. The van der Waals surface area contributed by atoms with Crippen molar-refractivity contribution in [3.05, 3.63) is 35.9 Å². The van der Waals surface area contributed by atoms with Crippen molar-refractivity contribution in [3.8, 4) is 0 Å². The van der Waals surface area contributed by atoms with E-state index < -0.39 is 0 Å². The van der Waals surface area contributed by atoms with Gasteiger partial charge < -0.3 is 14.4 Å². The Labute approximate surface area is 133 Å². The Hall–Kier alpha value is -1.07. The van der Waals surface area contributed by atoms with E-state index in [-0.39, 0.29) is 12.2 Å². The number of carbonyl (C=O) groups excluding carboxylic acids is 1. The van der Waals surface area contributed by atoms with Crippen LogP contribution in [0.15, 0.2) is 30.3 Å². The number of benzene rings is 1. The number of likely N-dealkylation sites (tertiary alicyclic amines) is 1. The molecule has 1 amide bonds. The first-order chi connectivity index (χ1) is 10.3. The minimum Gasteiger partial charge on any atom is -0.445 e. The van der Waals surface area contributed by atoms with E-state index in [1.807, 2.05) is 30.3 Å². The van der Waals surface area contributed by atoms with Crippen molar-refractivity contribution in [1.82, 2.24) is 4.90 Å². The van der Waals surface area contributed by atoms with E-state index in [0.29, 0.717) is 25.2 Å². The molecule has 0 N–H and O–H groups in total. The molecule has 0 aromatic heterocycles. The normalized spacial score (nSPS) is 28.2. The Morgan fingerprint density at radius 1 is 1.38 bits per heavy atom. The van der Waals surface area contributed by atoms with Gasteiger partial charge >= 0.3 is 6.09 Å². The van der Waals surface area contributed by atoms with Gasteiger partial charge in [-0.3, -0.25) is 0 Å². The van der Waals surface area contributed by atoms with Crippen LogP contribution in [0, 0.1) is 5.92 Å². The zero-order valence-electron chi connectivity index (χ0n) is 11.9. The van der Waals surface area contributed by atoms with Gasteiger partial charge in [-0.1, -0.05) is 46.3 Å². The Kier molecular flexibility index (Phi) is 4.80. The highest BCUT2D eigenvalue weighted by molar-refractivity contribution is 9.09. The molecule has 0 bridgehead atoms. The molecule has 2 fully saturated rings. The molecule has 5 heteroatoms. The number of amides is 1. The molecule has 114 valence electrons. The molecule has 2 aliphatic heterocycles. The van der Waals surface area contributed by atoms with Crippen molar-refractivity contribution < 1.29 is 14.3 Å². The summed E-state index contributed by atoms with van der Waals surface area (Å²) in [5.41, 5.74) is 1.01. The number of rotatable bonds is 3. The van der Waals surface area contributed by atoms with Crippen molar-refractivity contribution in [3.63, 3.8) is 0 Å². The van der Waals surface area contributed by atoms with Gasteiger partial charge in [-0.15, -0.1) is 0 Å². The monoisotopic (exact) mass is 353 g/mol. The highest BCUT2D eigenvalue weighted by Crippen LogP contribution is 2.34. The van der Waals surface area contributed by atoms with Crippen molar-refractivity contribution in [2.24, 2.45) is 5.92 Å². The molecule has 3 rings (SSSR count). The van der Waals surface area contributed by atoms with Crippen LogP contribution in [0.5, 0.6) is 0 Å². The molecule has 4 nitrogen and oxygen atoms in total. The maximum atomic E-state index is 12.1. The van der Waals surface area contributed by atoms with Gasteiger partial charge in [0.25, 0.3) is 0 Å². The summed E-state index contributed by atoms with van der Waals surface area (Å²) < 4.78 is 11.4. The van der Waals surface area contributed by atoms with E-state index in [9.17, 15) is 4.79 Å². The number of ether oxygens (including phenoxy) is 2. The Morgan fingerprint density at radius 2 is 2.19 bits per heavy atom. The summed E-state index contributed by atoms with van der Waals surface area (Å²) in [5.74, 6) is 0.589. The molecule has 0 aliphatic carbocycles. The maximum Gasteiger partial charge on any atom is 0.410 e. The number of piperidine rings is 1. The molecular formula is C16H20BrNO3. The van der Waals surface area contributed by atoms with Gasteiger partial charge in [-0.05, 0) is 24.3 Å². The molecular weight excluding hydrogens is 334 g/mol. The topological polar surface area (TPSA) is 38.8 Å². The largest absolute Gasteiger partial charge is 0.445 e. The molecule has 1 aromatic carbocycles.